The lowest BCUT2D eigenvalue weighted by atomic mass is 10.0. The number of fused-ring (bicyclic) bond motifs is 1. The number of rotatable bonds is 6. The van der Waals surface area contributed by atoms with Crippen LogP contribution in [0.5, 0.6) is 5.75 Å². The molecule has 3 aromatic rings. The molecule has 0 aliphatic carbocycles. The molecule has 8 heteroatoms. The Morgan fingerprint density at radius 1 is 1.10 bits per heavy atom. The van der Waals surface area contributed by atoms with E-state index in [0.29, 0.717) is 27.9 Å². The molecule has 1 aliphatic heterocycles. The zero-order valence-electron chi connectivity index (χ0n) is 15.6. The molecule has 1 amide bonds. The zero-order valence-corrected chi connectivity index (χ0v) is 17.2. The Hall–Kier alpha value is -2.84. The summed E-state index contributed by atoms with van der Waals surface area (Å²) in [6.07, 6.45) is 1.56. The molecule has 0 saturated carbocycles. The number of sulfonamides is 1. The Morgan fingerprint density at radius 2 is 1.93 bits per heavy atom. The van der Waals surface area contributed by atoms with Crippen molar-refractivity contribution in [1.82, 2.24) is 0 Å². The van der Waals surface area contributed by atoms with Gasteiger partial charge in [-0.1, -0.05) is 30.3 Å². The molecule has 1 aromatic heterocycles. The fourth-order valence-corrected chi connectivity index (χ4v) is 5.89. The van der Waals surface area contributed by atoms with Crippen LogP contribution in [0.3, 0.4) is 0 Å². The van der Waals surface area contributed by atoms with Gasteiger partial charge in [-0.05, 0) is 54.1 Å². The molecule has 0 unspecified atom stereocenters. The van der Waals surface area contributed by atoms with Gasteiger partial charge in [0, 0.05) is 12.2 Å². The van der Waals surface area contributed by atoms with Gasteiger partial charge in [-0.3, -0.25) is 9.10 Å². The first-order valence-corrected chi connectivity index (χ1v) is 11.5. The molecule has 150 valence electrons. The summed E-state index contributed by atoms with van der Waals surface area (Å²) in [7, 11) is -3.61. The Morgan fingerprint density at radius 3 is 2.69 bits per heavy atom. The molecule has 1 N–H and O–H groups in total. The number of carbonyl (C=O) groups excluding carboxylic acids is 1. The van der Waals surface area contributed by atoms with Gasteiger partial charge in [0.1, 0.15) is 9.96 Å². The third-order valence-electron chi connectivity index (χ3n) is 4.60. The molecule has 0 bridgehead atoms. The summed E-state index contributed by atoms with van der Waals surface area (Å²) in [6.45, 7) is 0.292. The predicted octanol–water partition coefficient (Wildman–Crippen LogP) is 3.91. The van der Waals surface area contributed by atoms with Crippen LogP contribution in [0.15, 0.2) is 70.3 Å². The highest BCUT2D eigenvalue weighted by atomic mass is 32.2. The molecule has 0 atom stereocenters. The average molecular weight is 429 g/mol. The van der Waals surface area contributed by atoms with E-state index in [4.69, 9.17) is 4.74 Å². The molecular formula is C21H20N2O4S2. The molecule has 29 heavy (non-hydrogen) atoms. The van der Waals surface area contributed by atoms with Crippen LogP contribution in [0, 0.1) is 0 Å². The van der Waals surface area contributed by atoms with E-state index in [-0.39, 0.29) is 12.5 Å². The van der Waals surface area contributed by atoms with E-state index < -0.39 is 10.0 Å². The van der Waals surface area contributed by atoms with Crippen LogP contribution < -0.4 is 14.4 Å². The lowest BCUT2D eigenvalue weighted by Crippen LogP contribution is -2.35. The largest absolute Gasteiger partial charge is 0.484 e. The van der Waals surface area contributed by atoms with Gasteiger partial charge in [0.25, 0.3) is 15.9 Å². The number of nitrogens with zero attached hydrogens (tertiary/aromatic N) is 1. The maximum Gasteiger partial charge on any atom is 0.273 e. The molecular weight excluding hydrogens is 408 g/mol. The number of anilines is 2. The second-order valence-corrected chi connectivity index (χ2v) is 9.64. The number of aryl methyl sites for hydroxylation is 1. The summed E-state index contributed by atoms with van der Waals surface area (Å²) in [5.74, 6) is 0.304. The Bertz CT molecular complexity index is 1100. The van der Waals surface area contributed by atoms with Crippen molar-refractivity contribution in [3.63, 3.8) is 0 Å². The highest BCUT2D eigenvalue weighted by molar-refractivity contribution is 7.94. The van der Waals surface area contributed by atoms with Crippen LogP contribution in [-0.2, 0) is 21.2 Å². The Labute approximate surface area is 173 Å². The summed E-state index contributed by atoms with van der Waals surface area (Å²) in [6, 6.07) is 17.8. The molecule has 4 rings (SSSR count). The number of benzene rings is 2. The van der Waals surface area contributed by atoms with Crippen molar-refractivity contribution in [2.24, 2.45) is 0 Å². The third kappa shape index (κ3) is 4.28. The van der Waals surface area contributed by atoms with Crippen molar-refractivity contribution in [1.29, 1.82) is 0 Å². The smallest absolute Gasteiger partial charge is 0.273 e. The summed E-state index contributed by atoms with van der Waals surface area (Å²) >= 11 is 1.20. The van der Waals surface area contributed by atoms with Gasteiger partial charge in [0.15, 0.2) is 6.61 Å². The van der Waals surface area contributed by atoms with Gasteiger partial charge in [0.2, 0.25) is 0 Å². The van der Waals surface area contributed by atoms with E-state index in [1.807, 2.05) is 24.3 Å². The quantitative estimate of drug-likeness (QED) is 0.646. The summed E-state index contributed by atoms with van der Waals surface area (Å²) in [5, 5.41) is 4.54. The highest BCUT2D eigenvalue weighted by Crippen LogP contribution is 2.35. The second-order valence-electron chi connectivity index (χ2n) is 6.61. The first kappa shape index (κ1) is 19.5. The van der Waals surface area contributed by atoms with Crippen LogP contribution in [0.1, 0.15) is 12.0 Å². The molecule has 2 heterocycles. The van der Waals surface area contributed by atoms with Gasteiger partial charge in [0.05, 0.1) is 5.69 Å². The van der Waals surface area contributed by atoms with Crippen LogP contribution in [0.2, 0.25) is 0 Å². The SMILES string of the molecule is O=C(COc1ccccc1)Nc1ccc2c(c1)N(S(=O)(=O)c1cccs1)CCC2. The fraction of sp³-hybridized carbons (Fsp3) is 0.190. The summed E-state index contributed by atoms with van der Waals surface area (Å²) in [4.78, 5) is 12.3. The minimum atomic E-state index is -3.61. The molecule has 0 fully saturated rings. The summed E-state index contributed by atoms with van der Waals surface area (Å²) in [5.41, 5.74) is 2.11. The number of thiophene rings is 1. The molecule has 0 saturated heterocycles. The first-order chi connectivity index (χ1) is 14.0. The first-order valence-electron chi connectivity index (χ1n) is 9.21. The van der Waals surface area contributed by atoms with E-state index in [2.05, 4.69) is 5.32 Å². The third-order valence-corrected chi connectivity index (χ3v) is 7.78. The van der Waals surface area contributed by atoms with E-state index in [9.17, 15) is 13.2 Å². The van der Waals surface area contributed by atoms with Crippen molar-refractivity contribution < 1.29 is 17.9 Å². The predicted molar refractivity (Wildman–Crippen MR) is 114 cm³/mol. The average Bonchev–Trinajstić information content (AvgIpc) is 3.28. The van der Waals surface area contributed by atoms with E-state index in [0.717, 1.165) is 18.4 Å². The lowest BCUT2D eigenvalue weighted by Gasteiger charge is -2.30. The van der Waals surface area contributed by atoms with Crippen molar-refractivity contribution in [2.75, 3.05) is 22.8 Å². The number of carbonyl (C=O) groups is 1. The van der Waals surface area contributed by atoms with Crippen LogP contribution in [0.25, 0.3) is 0 Å². The van der Waals surface area contributed by atoms with E-state index in [1.165, 1.54) is 15.6 Å². The minimum Gasteiger partial charge on any atom is -0.484 e. The van der Waals surface area contributed by atoms with Gasteiger partial charge >= 0.3 is 0 Å². The Balaban J connectivity index is 1.52. The van der Waals surface area contributed by atoms with Crippen molar-refractivity contribution in [3.8, 4) is 5.75 Å². The monoisotopic (exact) mass is 428 g/mol. The minimum absolute atomic E-state index is 0.127. The van der Waals surface area contributed by atoms with Crippen molar-refractivity contribution >= 4 is 38.6 Å². The topological polar surface area (TPSA) is 75.7 Å². The lowest BCUT2D eigenvalue weighted by molar-refractivity contribution is -0.118. The van der Waals surface area contributed by atoms with Crippen molar-refractivity contribution in [2.45, 2.75) is 17.1 Å². The van der Waals surface area contributed by atoms with E-state index in [1.54, 1.807) is 41.8 Å². The summed E-state index contributed by atoms with van der Waals surface area (Å²) < 4.78 is 33.3. The number of hydrogen-bond donors (Lipinski definition) is 1. The maximum absolute atomic E-state index is 13.0. The second kappa shape index (κ2) is 8.26. The van der Waals surface area contributed by atoms with Crippen LogP contribution >= 0.6 is 11.3 Å². The normalized spacial score (nSPS) is 13.6. The Kier molecular flexibility index (Phi) is 5.55. The fourth-order valence-electron chi connectivity index (χ4n) is 3.25. The van der Waals surface area contributed by atoms with Crippen molar-refractivity contribution in [3.05, 3.63) is 71.6 Å². The van der Waals surface area contributed by atoms with Gasteiger partial charge in [-0.2, -0.15) is 0 Å². The number of para-hydroxylation sites is 1. The molecule has 0 spiro atoms. The molecule has 1 aliphatic rings. The van der Waals surface area contributed by atoms with Crippen LogP contribution in [-0.4, -0.2) is 27.5 Å². The van der Waals surface area contributed by atoms with Gasteiger partial charge < -0.3 is 10.1 Å². The number of hydrogen-bond acceptors (Lipinski definition) is 5. The van der Waals surface area contributed by atoms with E-state index >= 15 is 0 Å². The molecule has 6 nitrogen and oxygen atoms in total. The number of nitrogens with one attached hydrogen (secondary N) is 1. The highest BCUT2D eigenvalue weighted by Gasteiger charge is 2.30. The van der Waals surface area contributed by atoms with Gasteiger partial charge in [-0.15, -0.1) is 11.3 Å². The number of amides is 1. The van der Waals surface area contributed by atoms with Gasteiger partial charge in [-0.25, -0.2) is 8.42 Å². The molecule has 0 radical (unpaired) electrons. The van der Waals surface area contributed by atoms with Crippen LogP contribution in [0.4, 0.5) is 11.4 Å². The standard InChI is InChI=1S/C21H20N2O4S2/c24-20(15-27-18-7-2-1-3-8-18)22-17-11-10-16-6-4-12-23(19(16)14-17)29(25,26)21-9-5-13-28-21/h1-3,5,7-11,13-14H,4,6,12,15H2,(H,22,24). The maximum atomic E-state index is 13.0. The number of ether oxygens (including phenoxy) is 1. The zero-order chi connectivity index (χ0) is 20.3. The molecule has 2 aromatic carbocycles.